The number of hydrogen-bond donors (Lipinski definition) is 4. The fourth-order valence-corrected chi connectivity index (χ4v) is 2.06. The first-order valence-corrected chi connectivity index (χ1v) is 7.35. The van der Waals surface area contributed by atoms with Crippen LogP contribution in [-0.2, 0) is 0 Å². The molecule has 5 N–H and O–H groups in total. The van der Waals surface area contributed by atoms with E-state index < -0.39 is 0 Å². The van der Waals surface area contributed by atoms with Crippen LogP contribution in [0, 0.1) is 0 Å². The molecule has 3 rings (SSSR count). The lowest BCUT2D eigenvalue weighted by molar-refractivity contribution is 0.415. The zero-order chi connectivity index (χ0) is 16.8. The largest absolute Gasteiger partial charge is 0.497 e. The molecule has 0 atom stereocenters. The first-order chi connectivity index (χ1) is 11.8. The first kappa shape index (κ1) is 15.4. The maximum atomic E-state index is 6.14. The molecule has 0 saturated heterocycles. The zero-order valence-electron chi connectivity index (χ0n) is 13.2. The molecule has 0 fully saturated rings. The zero-order valence-corrected chi connectivity index (χ0v) is 13.2. The molecule has 0 aliphatic heterocycles. The van der Waals surface area contributed by atoms with E-state index in [1.54, 1.807) is 7.11 Å². The smallest absolute Gasteiger partial charge is 0.173 e. The maximum Gasteiger partial charge on any atom is 0.173 e. The number of nitrogen functional groups attached to an aromatic ring is 1. The molecule has 122 valence electrons. The summed E-state index contributed by atoms with van der Waals surface area (Å²) in [6.07, 6.45) is 1.44. The summed E-state index contributed by atoms with van der Waals surface area (Å²) in [5, 5.41) is 3.16. The van der Waals surface area contributed by atoms with Gasteiger partial charge in [0.1, 0.15) is 17.8 Å². The number of anilines is 5. The van der Waals surface area contributed by atoms with Crippen molar-refractivity contribution in [2.24, 2.45) is 0 Å². The predicted octanol–water partition coefficient (Wildman–Crippen LogP) is 3.25. The van der Waals surface area contributed by atoms with Crippen molar-refractivity contribution in [3.8, 4) is 5.75 Å². The maximum absolute atomic E-state index is 6.14. The van der Waals surface area contributed by atoms with Crippen molar-refractivity contribution in [1.82, 2.24) is 9.97 Å². The van der Waals surface area contributed by atoms with Gasteiger partial charge < -0.3 is 15.8 Å². The summed E-state index contributed by atoms with van der Waals surface area (Å²) < 4.78 is 5.14. The number of para-hydroxylation sites is 1. The minimum atomic E-state index is 0.414. The second-order valence-electron chi connectivity index (χ2n) is 4.95. The molecule has 0 bridgehead atoms. The molecule has 3 aromatic rings. The van der Waals surface area contributed by atoms with Gasteiger partial charge in [0, 0.05) is 5.69 Å². The fourth-order valence-electron chi connectivity index (χ4n) is 2.06. The Bertz CT molecular complexity index is 792. The molecule has 1 aromatic heterocycles. The van der Waals surface area contributed by atoms with Gasteiger partial charge in [-0.05, 0) is 36.4 Å². The molecule has 0 spiro atoms. The summed E-state index contributed by atoms with van der Waals surface area (Å²) in [5.74, 6) is 1.79. The van der Waals surface area contributed by atoms with Crippen LogP contribution in [0.25, 0.3) is 0 Å². The highest BCUT2D eigenvalue weighted by Crippen LogP contribution is 2.26. The third-order valence-corrected chi connectivity index (χ3v) is 3.34. The topological polar surface area (TPSA) is 97.1 Å². The summed E-state index contributed by atoms with van der Waals surface area (Å²) in [4.78, 5) is 8.34. The van der Waals surface area contributed by atoms with Crippen molar-refractivity contribution >= 4 is 28.7 Å². The van der Waals surface area contributed by atoms with Gasteiger partial charge in [-0.25, -0.2) is 9.97 Å². The standard InChI is InChI=1S/C17H18N6O/c1-24-14-9-7-12(8-10-14)21-16-15(18)17(20-11-19-16)23-22-13-5-3-2-4-6-13/h2-11,22H,18H2,1H3,(H2,19,20,21,23). The number of ether oxygens (including phenoxy) is 1. The highest BCUT2D eigenvalue weighted by atomic mass is 16.5. The van der Waals surface area contributed by atoms with Crippen LogP contribution in [0.4, 0.5) is 28.7 Å². The van der Waals surface area contributed by atoms with E-state index in [2.05, 4.69) is 26.1 Å². The minimum absolute atomic E-state index is 0.414. The van der Waals surface area contributed by atoms with Crippen molar-refractivity contribution in [1.29, 1.82) is 0 Å². The Morgan fingerprint density at radius 1 is 0.833 bits per heavy atom. The van der Waals surface area contributed by atoms with E-state index in [-0.39, 0.29) is 0 Å². The number of hydrogen-bond acceptors (Lipinski definition) is 7. The van der Waals surface area contributed by atoms with Gasteiger partial charge in [-0.3, -0.25) is 10.9 Å². The summed E-state index contributed by atoms with van der Waals surface area (Å²) in [6, 6.07) is 17.2. The number of rotatable bonds is 6. The summed E-state index contributed by atoms with van der Waals surface area (Å²) >= 11 is 0. The Morgan fingerprint density at radius 2 is 1.54 bits per heavy atom. The molecule has 2 aromatic carbocycles. The average molecular weight is 322 g/mol. The van der Waals surface area contributed by atoms with Gasteiger partial charge >= 0.3 is 0 Å². The molecular formula is C17H18N6O. The van der Waals surface area contributed by atoms with Crippen LogP contribution >= 0.6 is 0 Å². The molecule has 0 aliphatic carbocycles. The molecule has 0 saturated carbocycles. The van der Waals surface area contributed by atoms with Gasteiger partial charge in [-0.2, -0.15) is 0 Å². The quantitative estimate of drug-likeness (QED) is 0.517. The van der Waals surface area contributed by atoms with Crippen LogP contribution in [0.1, 0.15) is 0 Å². The molecule has 0 unspecified atom stereocenters. The normalized spacial score (nSPS) is 10.0. The number of methoxy groups -OCH3 is 1. The minimum Gasteiger partial charge on any atom is -0.497 e. The van der Waals surface area contributed by atoms with Crippen molar-refractivity contribution in [3.63, 3.8) is 0 Å². The number of aromatic nitrogens is 2. The van der Waals surface area contributed by atoms with Crippen molar-refractivity contribution in [3.05, 3.63) is 60.9 Å². The fraction of sp³-hybridized carbons (Fsp3) is 0.0588. The Balaban J connectivity index is 1.72. The van der Waals surface area contributed by atoms with Crippen LogP contribution in [0.15, 0.2) is 60.9 Å². The van der Waals surface area contributed by atoms with Crippen LogP contribution < -0.4 is 26.6 Å². The lowest BCUT2D eigenvalue weighted by Gasteiger charge is -2.14. The van der Waals surface area contributed by atoms with E-state index in [0.29, 0.717) is 17.3 Å². The molecular weight excluding hydrogens is 304 g/mol. The second-order valence-corrected chi connectivity index (χ2v) is 4.95. The van der Waals surface area contributed by atoms with Crippen LogP contribution in [-0.4, -0.2) is 17.1 Å². The first-order valence-electron chi connectivity index (χ1n) is 7.35. The Hall–Kier alpha value is -3.48. The van der Waals surface area contributed by atoms with Crippen LogP contribution in [0.5, 0.6) is 5.75 Å². The van der Waals surface area contributed by atoms with Gasteiger partial charge in [0.05, 0.1) is 12.8 Å². The number of hydrazine groups is 1. The highest BCUT2D eigenvalue weighted by Gasteiger charge is 2.08. The molecule has 1 heterocycles. The van der Waals surface area contributed by atoms with Gasteiger partial charge in [0.15, 0.2) is 11.6 Å². The van der Waals surface area contributed by atoms with Crippen LogP contribution in [0.2, 0.25) is 0 Å². The lowest BCUT2D eigenvalue weighted by atomic mass is 10.3. The Labute approximate surface area is 139 Å². The Morgan fingerprint density at radius 3 is 2.25 bits per heavy atom. The lowest BCUT2D eigenvalue weighted by Crippen LogP contribution is -2.13. The monoisotopic (exact) mass is 322 g/mol. The molecule has 7 nitrogen and oxygen atoms in total. The van der Waals surface area contributed by atoms with Gasteiger partial charge in [-0.15, -0.1) is 0 Å². The summed E-state index contributed by atoms with van der Waals surface area (Å²) in [6.45, 7) is 0. The average Bonchev–Trinajstić information content (AvgIpc) is 2.64. The molecule has 0 aliphatic rings. The van der Waals surface area contributed by atoms with Crippen molar-refractivity contribution in [2.45, 2.75) is 0 Å². The van der Waals surface area contributed by atoms with E-state index in [1.807, 2.05) is 54.6 Å². The third-order valence-electron chi connectivity index (χ3n) is 3.34. The van der Waals surface area contributed by atoms with Gasteiger partial charge in [-0.1, -0.05) is 18.2 Å². The van der Waals surface area contributed by atoms with Crippen molar-refractivity contribution in [2.75, 3.05) is 29.0 Å². The van der Waals surface area contributed by atoms with Crippen LogP contribution in [0.3, 0.4) is 0 Å². The SMILES string of the molecule is COc1ccc(Nc2ncnc(NNc3ccccc3)c2N)cc1. The van der Waals surface area contributed by atoms with Gasteiger partial charge in [0.2, 0.25) is 0 Å². The van der Waals surface area contributed by atoms with E-state index in [4.69, 9.17) is 10.5 Å². The number of nitrogens with zero attached hydrogens (tertiary/aromatic N) is 2. The number of nitrogens with two attached hydrogens (primary N) is 1. The summed E-state index contributed by atoms with van der Waals surface area (Å²) in [5.41, 5.74) is 14.3. The molecule has 7 heteroatoms. The number of benzene rings is 2. The van der Waals surface area contributed by atoms with E-state index >= 15 is 0 Å². The van der Waals surface area contributed by atoms with Crippen molar-refractivity contribution < 1.29 is 4.74 Å². The van der Waals surface area contributed by atoms with E-state index in [0.717, 1.165) is 17.1 Å². The van der Waals surface area contributed by atoms with E-state index in [9.17, 15) is 0 Å². The predicted molar refractivity (Wildman–Crippen MR) is 96.4 cm³/mol. The Kier molecular flexibility index (Phi) is 4.62. The van der Waals surface area contributed by atoms with Gasteiger partial charge in [0.25, 0.3) is 0 Å². The molecule has 0 amide bonds. The van der Waals surface area contributed by atoms with E-state index in [1.165, 1.54) is 6.33 Å². The second kappa shape index (κ2) is 7.19. The number of nitrogens with one attached hydrogen (secondary N) is 3. The summed E-state index contributed by atoms with van der Waals surface area (Å²) in [7, 11) is 1.63. The molecule has 0 radical (unpaired) electrons. The third kappa shape index (κ3) is 3.64. The highest BCUT2D eigenvalue weighted by molar-refractivity contribution is 5.78. The molecule has 24 heavy (non-hydrogen) atoms.